The zero-order valence-electron chi connectivity index (χ0n) is 16.0. The Kier molecular flexibility index (Phi) is 3.86. The molecular formula is C23H34O. The van der Waals surface area contributed by atoms with E-state index in [4.69, 9.17) is 0 Å². The summed E-state index contributed by atoms with van der Waals surface area (Å²) in [5.41, 5.74) is 2.16. The second-order valence-corrected chi connectivity index (χ2v) is 9.72. The summed E-state index contributed by atoms with van der Waals surface area (Å²) in [7, 11) is 0. The highest BCUT2D eigenvalue weighted by molar-refractivity contribution is 6.01. The molecule has 1 heteroatoms. The fraction of sp³-hybridized carbons (Fsp3) is 0.783. The van der Waals surface area contributed by atoms with Crippen LogP contribution in [0.4, 0.5) is 0 Å². The summed E-state index contributed by atoms with van der Waals surface area (Å²) in [6, 6.07) is 0. The highest BCUT2D eigenvalue weighted by atomic mass is 16.1. The molecule has 0 amide bonds. The molecule has 3 fully saturated rings. The van der Waals surface area contributed by atoms with Gasteiger partial charge in [-0.1, -0.05) is 45.8 Å². The molecule has 4 rings (SSSR count). The Morgan fingerprint density at radius 1 is 1.17 bits per heavy atom. The lowest BCUT2D eigenvalue weighted by molar-refractivity contribution is -0.111. The largest absolute Gasteiger partial charge is 0.290 e. The van der Waals surface area contributed by atoms with E-state index in [-0.39, 0.29) is 11.2 Å². The molecule has 132 valence electrons. The first-order valence-electron chi connectivity index (χ1n) is 10.3. The molecular weight excluding hydrogens is 292 g/mol. The minimum Gasteiger partial charge on any atom is -0.290 e. The van der Waals surface area contributed by atoms with Crippen LogP contribution in [0.1, 0.15) is 72.6 Å². The zero-order chi connectivity index (χ0) is 17.1. The Balaban J connectivity index is 1.65. The fourth-order valence-corrected chi connectivity index (χ4v) is 7.46. The first-order chi connectivity index (χ1) is 11.4. The summed E-state index contributed by atoms with van der Waals surface area (Å²) in [5.74, 6) is 4.56. The minimum absolute atomic E-state index is 0.159. The first-order valence-corrected chi connectivity index (χ1v) is 10.3. The molecule has 4 aliphatic rings. The van der Waals surface area contributed by atoms with E-state index in [1.54, 1.807) is 0 Å². The van der Waals surface area contributed by atoms with Crippen molar-refractivity contribution in [1.29, 1.82) is 0 Å². The van der Waals surface area contributed by atoms with E-state index in [0.717, 1.165) is 36.0 Å². The van der Waals surface area contributed by atoms with Gasteiger partial charge in [-0.3, -0.25) is 4.79 Å². The average Bonchev–Trinajstić information content (AvgIpc) is 2.92. The number of fused-ring (bicyclic) bond motifs is 5. The maximum absolute atomic E-state index is 11.8. The Morgan fingerprint density at radius 3 is 2.71 bits per heavy atom. The van der Waals surface area contributed by atoms with Gasteiger partial charge in [-0.25, -0.2) is 0 Å². The van der Waals surface area contributed by atoms with E-state index in [9.17, 15) is 4.79 Å². The van der Waals surface area contributed by atoms with Crippen molar-refractivity contribution in [2.75, 3.05) is 0 Å². The van der Waals surface area contributed by atoms with Gasteiger partial charge < -0.3 is 0 Å². The van der Waals surface area contributed by atoms with Gasteiger partial charge in [-0.05, 0) is 85.7 Å². The summed E-state index contributed by atoms with van der Waals surface area (Å²) in [4.78, 5) is 11.8. The molecule has 0 spiro atoms. The molecule has 4 aliphatic carbocycles. The lowest BCUT2D eigenvalue weighted by atomic mass is 9.47. The number of carbonyl (C=O) groups is 1. The number of hydrogen-bond donors (Lipinski definition) is 0. The predicted octanol–water partition coefficient (Wildman–Crippen LogP) is 5.96. The fourth-order valence-electron chi connectivity index (χ4n) is 7.46. The van der Waals surface area contributed by atoms with Crippen LogP contribution in [0, 0.1) is 40.4 Å². The molecule has 0 saturated heterocycles. The van der Waals surface area contributed by atoms with Crippen molar-refractivity contribution < 1.29 is 4.79 Å². The van der Waals surface area contributed by atoms with E-state index >= 15 is 0 Å². The maximum Gasteiger partial charge on any atom is 0.178 e. The number of hydrogen-bond acceptors (Lipinski definition) is 1. The van der Waals surface area contributed by atoms with Crippen LogP contribution in [0.25, 0.3) is 0 Å². The van der Waals surface area contributed by atoms with Crippen LogP contribution in [0.3, 0.4) is 0 Å². The minimum atomic E-state index is 0.159. The highest BCUT2D eigenvalue weighted by Crippen LogP contribution is 2.67. The van der Waals surface area contributed by atoms with Crippen LogP contribution < -0.4 is 0 Å². The number of carbonyl (C=O) groups excluding carboxylic acids is 1. The predicted molar refractivity (Wildman–Crippen MR) is 99.6 cm³/mol. The van der Waals surface area contributed by atoms with Gasteiger partial charge >= 0.3 is 0 Å². The smallest absolute Gasteiger partial charge is 0.178 e. The molecule has 1 nitrogen and oxygen atoms in total. The third-order valence-electron chi connectivity index (χ3n) is 8.96. The van der Waals surface area contributed by atoms with Gasteiger partial charge in [-0.15, -0.1) is 0 Å². The van der Waals surface area contributed by atoms with Crippen LogP contribution in [0.5, 0.6) is 0 Å². The maximum atomic E-state index is 11.8. The molecule has 0 radical (unpaired) electrons. The lowest BCUT2D eigenvalue weighted by Gasteiger charge is -2.57. The molecule has 0 aromatic carbocycles. The quantitative estimate of drug-likeness (QED) is 0.612. The standard InChI is InChI=1S/C23H34O/c1-5-15(2)19-8-9-20-18-7-6-16-14-17(24)10-12-22(16,3)21(18)11-13-23(19,20)4/h10,12,14-15,18-21H,5-9,11,13H2,1-4H3. The van der Waals surface area contributed by atoms with Crippen molar-refractivity contribution >= 4 is 5.78 Å². The van der Waals surface area contributed by atoms with Gasteiger partial charge in [-0.2, -0.15) is 0 Å². The molecule has 0 aliphatic heterocycles. The van der Waals surface area contributed by atoms with Crippen LogP contribution in [-0.4, -0.2) is 5.78 Å². The van der Waals surface area contributed by atoms with E-state index in [1.807, 2.05) is 12.2 Å². The van der Waals surface area contributed by atoms with Gasteiger partial charge in [0.2, 0.25) is 0 Å². The number of allylic oxidation sites excluding steroid dienone is 4. The average molecular weight is 327 g/mol. The van der Waals surface area contributed by atoms with Crippen LogP contribution >= 0.6 is 0 Å². The molecule has 0 N–H and O–H groups in total. The summed E-state index contributed by atoms with van der Waals surface area (Å²) >= 11 is 0. The van der Waals surface area contributed by atoms with Crippen molar-refractivity contribution in [3.63, 3.8) is 0 Å². The molecule has 0 heterocycles. The Hall–Kier alpha value is -0.850. The number of ketones is 1. The van der Waals surface area contributed by atoms with Crippen molar-refractivity contribution in [2.24, 2.45) is 40.4 Å². The third-order valence-corrected chi connectivity index (χ3v) is 8.96. The van der Waals surface area contributed by atoms with Crippen molar-refractivity contribution in [3.8, 4) is 0 Å². The summed E-state index contributed by atoms with van der Waals surface area (Å²) in [6.07, 6.45) is 15.5. The first kappa shape index (κ1) is 16.6. The topological polar surface area (TPSA) is 17.1 Å². The second kappa shape index (κ2) is 5.58. The van der Waals surface area contributed by atoms with Gasteiger partial charge in [0.25, 0.3) is 0 Å². The molecule has 24 heavy (non-hydrogen) atoms. The van der Waals surface area contributed by atoms with Crippen molar-refractivity contribution in [1.82, 2.24) is 0 Å². The van der Waals surface area contributed by atoms with E-state index < -0.39 is 0 Å². The summed E-state index contributed by atoms with van der Waals surface area (Å²) in [6.45, 7) is 9.91. The Labute approximate surface area is 148 Å². The zero-order valence-corrected chi connectivity index (χ0v) is 16.0. The van der Waals surface area contributed by atoms with E-state index in [2.05, 4.69) is 33.8 Å². The van der Waals surface area contributed by atoms with Gasteiger partial charge in [0.15, 0.2) is 5.78 Å². The van der Waals surface area contributed by atoms with Gasteiger partial charge in [0, 0.05) is 5.41 Å². The monoisotopic (exact) mass is 326 g/mol. The van der Waals surface area contributed by atoms with Gasteiger partial charge in [0.05, 0.1) is 0 Å². The molecule has 3 saturated carbocycles. The van der Waals surface area contributed by atoms with Crippen LogP contribution in [-0.2, 0) is 4.79 Å². The third kappa shape index (κ3) is 2.15. The molecule has 0 bridgehead atoms. The highest BCUT2D eigenvalue weighted by Gasteiger charge is 2.58. The van der Waals surface area contributed by atoms with E-state index in [0.29, 0.717) is 5.41 Å². The Bertz CT molecular complexity index is 599. The van der Waals surface area contributed by atoms with Crippen molar-refractivity contribution in [3.05, 3.63) is 23.8 Å². The van der Waals surface area contributed by atoms with Gasteiger partial charge in [0.1, 0.15) is 0 Å². The SMILES string of the molecule is CCC(C)C1CCC2C3CCC4=CC(=O)C=CC4(C)C3CCC12C. The van der Waals surface area contributed by atoms with Crippen LogP contribution in [0.2, 0.25) is 0 Å². The summed E-state index contributed by atoms with van der Waals surface area (Å²) in [5, 5.41) is 0. The molecule has 0 aromatic heterocycles. The second-order valence-electron chi connectivity index (χ2n) is 9.72. The van der Waals surface area contributed by atoms with Crippen molar-refractivity contribution in [2.45, 2.75) is 72.6 Å². The van der Waals surface area contributed by atoms with E-state index in [1.165, 1.54) is 44.1 Å². The number of rotatable bonds is 2. The molecule has 7 atom stereocenters. The summed E-state index contributed by atoms with van der Waals surface area (Å²) < 4.78 is 0. The van der Waals surface area contributed by atoms with Crippen LogP contribution in [0.15, 0.2) is 23.8 Å². The lowest BCUT2D eigenvalue weighted by Crippen LogP contribution is -2.50. The molecule has 7 unspecified atom stereocenters. The Morgan fingerprint density at radius 2 is 1.96 bits per heavy atom. The normalized spacial score (nSPS) is 48.3. The molecule has 0 aromatic rings.